The number of anilines is 3. The van der Waals surface area contributed by atoms with Crippen molar-refractivity contribution >= 4 is 85.1 Å². The van der Waals surface area contributed by atoms with Gasteiger partial charge in [0.2, 0.25) is 5.01 Å². The quantitative estimate of drug-likeness (QED) is 0.107. The van der Waals surface area contributed by atoms with Crippen LogP contribution < -0.4 is 35.2 Å². The van der Waals surface area contributed by atoms with E-state index in [0.29, 0.717) is 0 Å². The number of methoxy groups -OCH3 is 2. The number of thiazole rings is 1. The molecule has 0 unspecified atom stereocenters. The van der Waals surface area contributed by atoms with Gasteiger partial charge in [-0.2, -0.15) is 0 Å². The van der Waals surface area contributed by atoms with E-state index in [1.807, 2.05) is 58.3 Å². The van der Waals surface area contributed by atoms with E-state index in [1.165, 1.54) is 90.3 Å². The first-order valence-corrected chi connectivity index (χ1v) is 25.6. The van der Waals surface area contributed by atoms with E-state index in [1.54, 1.807) is 25.6 Å². The zero-order chi connectivity index (χ0) is 46.0. The van der Waals surface area contributed by atoms with Gasteiger partial charge >= 0.3 is 6.28 Å². The van der Waals surface area contributed by atoms with Gasteiger partial charge in [0.1, 0.15) is 17.7 Å². The molecule has 9 heteroatoms. The summed E-state index contributed by atoms with van der Waals surface area (Å²) in [5, 5.41) is 3.64. The SMILES string of the molecule is COc1ccc(N(c2ccc(C#Cc3sc(-c4sc(-c5cc6c(s5)-c5scc[n+]5[B-]6(c5c(C)cc(C)cc5C)c5c(C)cc(C)cc5C)cc4C)cc3C)cc2)c2ccc(OC)cc2)cc1. The predicted molar refractivity (Wildman–Crippen MR) is 285 cm³/mol. The second kappa shape index (κ2) is 17.3. The molecule has 5 heterocycles. The van der Waals surface area contributed by atoms with E-state index >= 15 is 0 Å². The third kappa shape index (κ3) is 7.41. The molecule has 328 valence electrons. The summed E-state index contributed by atoms with van der Waals surface area (Å²) >= 11 is 7.54. The van der Waals surface area contributed by atoms with Crippen molar-refractivity contribution in [3.63, 3.8) is 0 Å². The fraction of sp³-hybridized carbons (Fsp3) is 0.175. The lowest BCUT2D eigenvalue weighted by molar-refractivity contribution is -0.518. The Morgan fingerprint density at radius 1 is 0.500 bits per heavy atom. The maximum atomic E-state index is 5.45. The molecule has 9 aromatic rings. The Hall–Kier alpha value is -6.15. The van der Waals surface area contributed by atoms with Crippen LogP contribution in [-0.2, 0) is 0 Å². The highest BCUT2D eigenvalue weighted by molar-refractivity contribution is 7.30. The molecule has 0 fully saturated rings. The summed E-state index contributed by atoms with van der Waals surface area (Å²) in [6.07, 6.45) is 0.851. The monoisotopic (exact) mass is 934 g/mol. The minimum absolute atomic E-state index is 0.818. The highest BCUT2D eigenvalue weighted by atomic mass is 32.1. The second-order valence-corrected chi connectivity index (χ2v) is 21.8. The number of hydrogen-bond acceptors (Lipinski definition) is 7. The first-order valence-electron chi connectivity index (χ1n) is 22.3. The number of nitrogens with zero attached hydrogens (tertiary/aromatic N) is 2. The van der Waals surface area contributed by atoms with Crippen LogP contribution >= 0.6 is 45.3 Å². The van der Waals surface area contributed by atoms with Crippen LogP contribution in [0.2, 0.25) is 0 Å². The van der Waals surface area contributed by atoms with Crippen molar-refractivity contribution in [2.24, 2.45) is 0 Å². The fourth-order valence-electron chi connectivity index (χ4n) is 10.7. The van der Waals surface area contributed by atoms with Gasteiger partial charge in [-0.3, -0.25) is 0 Å². The molecule has 0 spiro atoms. The molecule has 0 atom stereocenters. The third-order valence-electron chi connectivity index (χ3n) is 13.2. The van der Waals surface area contributed by atoms with Crippen LogP contribution in [0, 0.1) is 67.2 Å². The maximum absolute atomic E-state index is 5.45. The number of rotatable bonds is 9. The van der Waals surface area contributed by atoms with Gasteiger partial charge in [-0.15, -0.1) is 50.4 Å². The fourth-order valence-corrected chi connectivity index (χ4v) is 15.4. The summed E-state index contributed by atoms with van der Waals surface area (Å²) in [5.74, 6) is 8.67. The van der Waals surface area contributed by atoms with Gasteiger partial charge in [0.25, 0.3) is 0 Å². The Bertz CT molecular complexity index is 3230. The Morgan fingerprint density at radius 3 is 1.52 bits per heavy atom. The van der Waals surface area contributed by atoms with Crippen molar-refractivity contribution < 1.29 is 14.0 Å². The van der Waals surface area contributed by atoms with E-state index in [4.69, 9.17) is 9.47 Å². The van der Waals surface area contributed by atoms with Gasteiger partial charge in [-0.25, -0.2) is 0 Å². The van der Waals surface area contributed by atoms with Crippen LogP contribution in [0.3, 0.4) is 0 Å². The molecule has 0 bridgehead atoms. The lowest BCUT2D eigenvalue weighted by atomic mass is 9.23. The average molecular weight is 935 g/mol. The van der Waals surface area contributed by atoms with Crippen LogP contribution in [0.5, 0.6) is 11.5 Å². The van der Waals surface area contributed by atoms with E-state index in [9.17, 15) is 0 Å². The largest absolute Gasteiger partial charge is 0.497 e. The van der Waals surface area contributed by atoms with E-state index in [-0.39, 0.29) is 0 Å². The maximum Gasteiger partial charge on any atom is 0.363 e. The normalized spacial score (nSPS) is 12.4. The van der Waals surface area contributed by atoms with Crippen molar-refractivity contribution in [2.45, 2.75) is 55.4 Å². The molecular weight excluding hydrogens is 884 g/mol. The smallest absolute Gasteiger partial charge is 0.363 e. The first kappa shape index (κ1) is 43.7. The summed E-state index contributed by atoms with van der Waals surface area (Å²) in [4.78, 5) is 9.97. The molecule has 0 N–H and O–H groups in total. The number of ether oxygens (including phenoxy) is 2. The molecule has 1 aliphatic rings. The van der Waals surface area contributed by atoms with E-state index in [2.05, 4.69) is 179 Å². The Morgan fingerprint density at radius 2 is 0.985 bits per heavy atom. The van der Waals surface area contributed by atoms with Crippen LogP contribution in [-0.4, -0.2) is 20.5 Å². The highest BCUT2D eigenvalue weighted by Crippen LogP contribution is 2.46. The topological polar surface area (TPSA) is 25.6 Å². The van der Waals surface area contributed by atoms with Crippen LogP contribution in [0.15, 0.2) is 127 Å². The molecule has 66 heavy (non-hydrogen) atoms. The summed E-state index contributed by atoms with van der Waals surface area (Å²) in [5.41, 5.74) is 19.0. The van der Waals surface area contributed by atoms with Crippen molar-refractivity contribution in [1.29, 1.82) is 0 Å². The van der Waals surface area contributed by atoms with Gasteiger partial charge < -0.3 is 18.9 Å². The minimum atomic E-state index is -1.50. The van der Waals surface area contributed by atoms with Gasteiger partial charge in [-0.1, -0.05) is 86.9 Å². The lowest BCUT2D eigenvalue weighted by Crippen LogP contribution is -2.83. The number of aromatic nitrogens is 1. The van der Waals surface area contributed by atoms with Crippen LogP contribution in [0.25, 0.3) is 29.4 Å². The van der Waals surface area contributed by atoms with Crippen LogP contribution in [0.1, 0.15) is 54.9 Å². The molecule has 0 aliphatic carbocycles. The number of hydrogen-bond donors (Lipinski definition) is 0. The standard InChI is InChI=1S/C57H51BN2O2S4/c1-34-27-37(4)53(38(5)28-34)58(54-39(6)29-35(2)30-40(54)7)48-33-51(66-56(48)57-59(58)25-26-63-57)50-32-41(8)55(65-50)52-31-36(3)49(64-52)24-13-42-11-14-43(15-12-42)60(44-16-20-46(61-9)21-17-44)45-18-22-47(62-10)23-19-45/h11-12,14-23,25-33H,1-10H3. The molecule has 5 aromatic carbocycles. The highest BCUT2D eigenvalue weighted by Gasteiger charge is 2.54. The Labute approximate surface area is 405 Å². The summed E-state index contributed by atoms with van der Waals surface area (Å²) in [6, 6.07) is 41.6. The lowest BCUT2D eigenvalue weighted by Gasteiger charge is -2.37. The number of benzene rings is 5. The molecule has 4 aromatic heterocycles. The number of aryl methyl sites for hydroxylation is 8. The Balaban J connectivity index is 0.984. The average Bonchev–Trinajstić information content (AvgIpc) is 4.13. The van der Waals surface area contributed by atoms with Gasteiger partial charge in [0.15, 0.2) is 0 Å². The zero-order valence-corrected chi connectivity index (χ0v) is 42.3. The molecule has 0 amide bonds. The molecule has 0 saturated carbocycles. The van der Waals surface area contributed by atoms with Crippen molar-refractivity contribution in [1.82, 2.24) is 0 Å². The minimum Gasteiger partial charge on any atom is -0.497 e. The molecular formula is C57H51BN2O2S4. The van der Waals surface area contributed by atoms with Crippen molar-refractivity contribution in [3.05, 3.63) is 182 Å². The molecule has 0 radical (unpaired) electrons. The summed E-state index contributed by atoms with van der Waals surface area (Å²) in [7, 11) is 3.38. The van der Waals surface area contributed by atoms with E-state index < -0.39 is 6.28 Å². The van der Waals surface area contributed by atoms with E-state index in [0.717, 1.165) is 39.0 Å². The molecule has 10 rings (SSSR count). The number of thiophene rings is 3. The number of fused-ring (bicyclic) bond motifs is 3. The van der Waals surface area contributed by atoms with Crippen LogP contribution in [0.4, 0.5) is 17.1 Å². The summed E-state index contributed by atoms with van der Waals surface area (Å²) in [6.45, 7) is 18.2. The summed E-state index contributed by atoms with van der Waals surface area (Å²) < 4.78 is 13.6. The van der Waals surface area contributed by atoms with Gasteiger partial charge in [0.05, 0.1) is 29.4 Å². The van der Waals surface area contributed by atoms with Crippen molar-refractivity contribution in [2.75, 3.05) is 19.1 Å². The molecule has 4 nitrogen and oxygen atoms in total. The molecule has 1 aliphatic heterocycles. The first-order chi connectivity index (χ1) is 31.9. The second-order valence-electron chi connectivity index (χ2n) is 17.7. The zero-order valence-electron chi connectivity index (χ0n) is 39.0. The third-order valence-corrected chi connectivity index (χ3v) is 18.1. The van der Waals surface area contributed by atoms with Crippen molar-refractivity contribution in [3.8, 4) is 52.7 Å². The molecule has 0 saturated heterocycles. The Kier molecular flexibility index (Phi) is 11.4. The van der Waals surface area contributed by atoms with Gasteiger partial charge in [0, 0.05) is 42.1 Å². The van der Waals surface area contributed by atoms with Gasteiger partial charge in [-0.05, 0) is 151 Å². The predicted octanol–water partition coefficient (Wildman–Crippen LogP) is 13.4.